The fraction of sp³-hybridized carbons (Fsp3) is 0.538. The summed E-state index contributed by atoms with van der Waals surface area (Å²) in [5, 5.41) is 10.5. The third kappa shape index (κ3) is 4.89. The van der Waals surface area contributed by atoms with Gasteiger partial charge in [-0.3, -0.25) is 15.0 Å². The van der Waals surface area contributed by atoms with Crippen LogP contribution in [-0.4, -0.2) is 41.7 Å². The molecule has 1 aromatic rings. The van der Waals surface area contributed by atoms with E-state index >= 15 is 0 Å². The van der Waals surface area contributed by atoms with E-state index in [1.165, 1.54) is 29.2 Å². The van der Waals surface area contributed by atoms with Crippen molar-refractivity contribution < 1.29 is 22.8 Å². The number of nitrogens with zero attached hydrogens (tertiary/aromatic N) is 2. The number of alkyl halides is 3. The molecule has 0 amide bonds. The minimum atomic E-state index is -4.17. The molecule has 0 aliphatic carbocycles. The highest BCUT2D eigenvalue weighted by atomic mass is 19.4. The van der Waals surface area contributed by atoms with Crippen molar-refractivity contribution in [3.8, 4) is 5.75 Å². The number of piperidine rings is 1. The zero-order chi connectivity index (χ0) is 15.5. The zero-order valence-corrected chi connectivity index (χ0v) is 11.2. The number of likely N-dealkylation sites (tertiary alicyclic amines) is 1. The Morgan fingerprint density at radius 2 is 1.81 bits per heavy atom. The van der Waals surface area contributed by atoms with E-state index in [1.807, 2.05) is 0 Å². The molecule has 0 saturated carbocycles. The van der Waals surface area contributed by atoms with Crippen molar-refractivity contribution in [2.24, 2.45) is 0 Å². The first-order valence-electron chi connectivity index (χ1n) is 6.54. The Balaban J connectivity index is 1.82. The first-order chi connectivity index (χ1) is 9.83. The third-order valence-electron chi connectivity index (χ3n) is 3.29. The van der Waals surface area contributed by atoms with Crippen molar-refractivity contribution in [2.45, 2.75) is 25.1 Å². The smallest absolute Gasteiger partial charge is 0.401 e. The SMILES string of the molecule is O=[N+]([O-])c1ccc(OC2CCN(CC(F)(F)F)CC2)cc1. The van der Waals surface area contributed by atoms with Crippen molar-refractivity contribution in [3.63, 3.8) is 0 Å². The average molecular weight is 304 g/mol. The Bertz CT molecular complexity index is 482. The summed E-state index contributed by atoms with van der Waals surface area (Å²) in [6.45, 7) is -0.231. The van der Waals surface area contributed by atoms with E-state index in [4.69, 9.17) is 4.74 Å². The van der Waals surface area contributed by atoms with Crippen LogP contribution < -0.4 is 4.74 Å². The van der Waals surface area contributed by atoms with Gasteiger partial charge in [-0.1, -0.05) is 0 Å². The molecule has 8 heteroatoms. The monoisotopic (exact) mass is 304 g/mol. The standard InChI is InChI=1S/C13H15F3N2O3/c14-13(15,16)9-17-7-5-12(6-8-17)21-11-3-1-10(2-4-11)18(19)20/h1-4,12H,5-9H2. The van der Waals surface area contributed by atoms with Gasteiger partial charge in [-0.2, -0.15) is 13.2 Å². The summed E-state index contributed by atoms with van der Waals surface area (Å²) < 4.78 is 42.4. The Labute approximate surface area is 119 Å². The molecule has 0 atom stereocenters. The van der Waals surface area contributed by atoms with Crippen LogP contribution in [0.1, 0.15) is 12.8 Å². The summed E-state index contributed by atoms with van der Waals surface area (Å²) in [6, 6.07) is 5.68. The van der Waals surface area contributed by atoms with E-state index in [0.717, 1.165) is 0 Å². The van der Waals surface area contributed by atoms with E-state index in [1.54, 1.807) is 0 Å². The maximum atomic E-state index is 12.3. The highest BCUT2D eigenvalue weighted by molar-refractivity contribution is 5.36. The molecule has 1 aliphatic heterocycles. The van der Waals surface area contributed by atoms with Crippen LogP contribution in [-0.2, 0) is 0 Å². The second-order valence-corrected chi connectivity index (χ2v) is 4.96. The lowest BCUT2D eigenvalue weighted by atomic mass is 10.1. The van der Waals surface area contributed by atoms with Crippen LogP contribution in [0, 0.1) is 10.1 Å². The van der Waals surface area contributed by atoms with Gasteiger partial charge < -0.3 is 4.74 Å². The maximum Gasteiger partial charge on any atom is 0.401 e. The quantitative estimate of drug-likeness (QED) is 0.634. The zero-order valence-electron chi connectivity index (χ0n) is 11.2. The second kappa shape index (κ2) is 6.30. The Morgan fingerprint density at radius 1 is 1.24 bits per heavy atom. The van der Waals surface area contributed by atoms with Crippen molar-refractivity contribution in [3.05, 3.63) is 34.4 Å². The number of hydrogen-bond donors (Lipinski definition) is 0. The van der Waals surface area contributed by atoms with Crippen LogP contribution in [0.5, 0.6) is 5.75 Å². The number of non-ortho nitro benzene ring substituents is 1. The number of benzene rings is 1. The van der Waals surface area contributed by atoms with Gasteiger partial charge in [0.15, 0.2) is 0 Å². The first kappa shape index (κ1) is 15.6. The number of ether oxygens (including phenoxy) is 1. The topological polar surface area (TPSA) is 55.6 Å². The van der Waals surface area contributed by atoms with E-state index in [0.29, 0.717) is 31.7 Å². The molecule has 1 heterocycles. The van der Waals surface area contributed by atoms with Crippen molar-refractivity contribution in [2.75, 3.05) is 19.6 Å². The predicted octanol–water partition coefficient (Wildman–Crippen LogP) is 3.00. The van der Waals surface area contributed by atoms with Crippen LogP contribution >= 0.6 is 0 Å². The summed E-state index contributed by atoms with van der Waals surface area (Å²) in [4.78, 5) is 11.4. The number of rotatable bonds is 4. The molecule has 0 radical (unpaired) electrons. The highest BCUT2D eigenvalue weighted by Crippen LogP contribution is 2.24. The number of nitro groups is 1. The highest BCUT2D eigenvalue weighted by Gasteiger charge is 2.32. The summed E-state index contributed by atoms with van der Waals surface area (Å²) in [5.74, 6) is 0.495. The molecule has 0 unspecified atom stereocenters. The van der Waals surface area contributed by atoms with Gasteiger partial charge in [-0.15, -0.1) is 0 Å². The van der Waals surface area contributed by atoms with E-state index in [-0.39, 0.29) is 11.8 Å². The van der Waals surface area contributed by atoms with E-state index in [2.05, 4.69) is 0 Å². The van der Waals surface area contributed by atoms with Gasteiger partial charge >= 0.3 is 6.18 Å². The van der Waals surface area contributed by atoms with E-state index < -0.39 is 17.6 Å². The van der Waals surface area contributed by atoms with Gasteiger partial charge in [0.25, 0.3) is 5.69 Å². The lowest BCUT2D eigenvalue weighted by Crippen LogP contribution is -2.42. The molecular formula is C13H15F3N2O3. The molecule has 5 nitrogen and oxygen atoms in total. The second-order valence-electron chi connectivity index (χ2n) is 4.96. The number of nitro benzene ring substituents is 1. The molecule has 1 fully saturated rings. The number of halogens is 3. The molecule has 0 spiro atoms. The molecule has 1 aromatic carbocycles. The minimum Gasteiger partial charge on any atom is -0.490 e. The van der Waals surface area contributed by atoms with E-state index in [9.17, 15) is 23.3 Å². The van der Waals surface area contributed by atoms with Crippen LogP contribution in [0.25, 0.3) is 0 Å². The van der Waals surface area contributed by atoms with Gasteiger partial charge in [-0.25, -0.2) is 0 Å². The summed E-state index contributed by atoms with van der Waals surface area (Å²) in [7, 11) is 0. The molecule has 1 aliphatic rings. The fourth-order valence-electron chi connectivity index (χ4n) is 2.28. The van der Waals surface area contributed by atoms with Crippen LogP contribution in [0.4, 0.5) is 18.9 Å². The number of hydrogen-bond acceptors (Lipinski definition) is 4. The van der Waals surface area contributed by atoms with Gasteiger partial charge in [0.2, 0.25) is 0 Å². The predicted molar refractivity (Wildman–Crippen MR) is 69.2 cm³/mol. The molecule has 0 N–H and O–H groups in total. The van der Waals surface area contributed by atoms with Gasteiger partial charge in [0.1, 0.15) is 11.9 Å². The normalized spacial score (nSPS) is 17.7. The van der Waals surface area contributed by atoms with Crippen LogP contribution in [0.2, 0.25) is 0 Å². The van der Waals surface area contributed by atoms with Crippen LogP contribution in [0.15, 0.2) is 24.3 Å². The maximum absolute atomic E-state index is 12.3. The average Bonchev–Trinajstić information content (AvgIpc) is 2.40. The Kier molecular flexibility index (Phi) is 4.66. The van der Waals surface area contributed by atoms with Gasteiger partial charge in [0, 0.05) is 25.2 Å². The lowest BCUT2D eigenvalue weighted by Gasteiger charge is -2.32. The van der Waals surface area contributed by atoms with Crippen LogP contribution in [0.3, 0.4) is 0 Å². The van der Waals surface area contributed by atoms with Crippen molar-refractivity contribution in [1.82, 2.24) is 4.90 Å². The molecule has 116 valence electrons. The fourth-order valence-corrected chi connectivity index (χ4v) is 2.28. The Hall–Kier alpha value is -1.83. The van der Waals surface area contributed by atoms with Gasteiger partial charge in [0.05, 0.1) is 11.5 Å². The molecule has 1 saturated heterocycles. The third-order valence-corrected chi connectivity index (χ3v) is 3.29. The summed E-state index contributed by atoms with van der Waals surface area (Å²) in [5.41, 5.74) is -0.0256. The molecular weight excluding hydrogens is 289 g/mol. The summed E-state index contributed by atoms with van der Waals surface area (Å²) in [6.07, 6.45) is -3.32. The van der Waals surface area contributed by atoms with Gasteiger partial charge in [-0.05, 0) is 25.0 Å². The molecule has 21 heavy (non-hydrogen) atoms. The first-order valence-corrected chi connectivity index (χ1v) is 6.54. The minimum absolute atomic E-state index is 0.0256. The molecule has 0 bridgehead atoms. The largest absolute Gasteiger partial charge is 0.490 e. The Morgan fingerprint density at radius 3 is 2.29 bits per heavy atom. The summed E-state index contributed by atoms with van der Waals surface area (Å²) >= 11 is 0. The van der Waals surface area contributed by atoms with Crippen molar-refractivity contribution >= 4 is 5.69 Å². The molecule has 2 rings (SSSR count). The lowest BCUT2D eigenvalue weighted by molar-refractivity contribution is -0.384. The molecule has 0 aromatic heterocycles. The van der Waals surface area contributed by atoms with Crippen molar-refractivity contribution in [1.29, 1.82) is 0 Å².